The molecule has 1 aromatic heterocycles. The van der Waals surface area contributed by atoms with Crippen molar-refractivity contribution in [2.45, 2.75) is 25.9 Å². The van der Waals surface area contributed by atoms with Crippen LogP contribution >= 0.6 is 11.3 Å². The zero-order valence-electron chi connectivity index (χ0n) is 19.8. The first-order valence-electron chi connectivity index (χ1n) is 11.7. The molecular weight excluding hydrogens is 472 g/mol. The zero-order chi connectivity index (χ0) is 24.9. The Labute approximate surface area is 214 Å². The Bertz CT molecular complexity index is 1350. The van der Waals surface area contributed by atoms with Crippen LogP contribution in [-0.2, 0) is 22.6 Å². The minimum absolute atomic E-state index is 0.126. The molecule has 182 valence electrons. The van der Waals surface area contributed by atoms with E-state index >= 15 is 0 Å². The Morgan fingerprint density at radius 2 is 1.72 bits per heavy atom. The number of aryl methyl sites for hydroxylation is 1. The Morgan fingerprint density at radius 1 is 0.944 bits per heavy atom. The number of ether oxygens (including phenoxy) is 2. The summed E-state index contributed by atoms with van der Waals surface area (Å²) < 4.78 is 11.1. The number of carbonyl (C=O) groups is 2. The topological polar surface area (TPSA) is 67.9 Å². The largest absolute Gasteiger partial charge is 0.454 e. The van der Waals surface area contributed by atoms with Crippen LogP contribution in [-0.4, -0.2) is 18.6 Å². The lowest BCUT2D eigenvalue weighted by atomic mass is 9.97. The summed E-state index contributed by atoms with van der Waals surface area (Å²) in [5.74, 6) is 0.727. The highest BCUT2D eigenvalue weighted by molar-refractivity contribution is 7.10. The molecule has 1 aliphatic heterocycles. The van der Waals surface area contributed by atoms with Crippen LogP contribution in [0.15, 0.2) is 90.3 Å². The van der Waals surface area contributed by atoms with Crippen LogP contribution in [0.1, 0.15) is 27.6 Å². The van der Waals surface area contributed by atoms with Crippen LogP contribution in [0.25, 0.3) is 0 Å². The predicted molar refractivity (Wildman–Crippen MR) is 140 cm³/mol. The van der Waals surface area contributed by atoms with Crippen LogP contribution in [0.3, 0.4) is 0 Å². The van der Waals surface area contributed by atoms with Crippen LogP contribution in [0.5, 0.6) is 11.5 Å². The number of hydrogen-bond donors (Lipinski definition) is 1. The minimum Gasteiger partial charge on any atom is -0.454 e. The van der Waals surface area contributed by atoms with Gasteiger partial charge in [-0.05, 0) is 47.2 Å². The fourth-order valence-electron chi connectivity index (χ4n) is 4.29. The van der Waals surface area contributed by atoms with Gasteiger partial charge in [0.1, 0.15) is 6.04 Å². The fourth-order valence-corrected chi connectivity index (χ4v) is 4.99. The molecule has 5 rings (SSSR count). The zero-order valence-corrected chi connectivity index (χ0v) is 20.7. The molecule has 0 fully saturated rings. The van der Waals surface area contributed by atoms with Crippen molar-refractivity contribution in [3.8, 4) is 11.5 Å². The molecule has 0 unspecified atom stereocenters. The lowest BCUT2D eigenvalue weighted by Crippen LogP contribution is -2.44. The SMILES string of the molecule is Cc1ccccc1[C@H](C(=O)NCc1ccccc1)N(C(=O)Cc1cccs1)c1ccc2c(c1)OCO2. The number of rotatable bonds is 8. The Hall–Kier alpha value is -4.10. The number of benzene rings is 3. The summed E-state index contributed by atoms with van der Waals surface area (Å²) in [5.41, 5.74) is 3.24. The average Bonchev–Trinajstić information content (AvgIpc) is 3.58. The smallest absolute Gasteiger partial charge is 0.248 e. The minimum atomic E-state index is -0.872. The summed E-state index contributed by atoms with van der Waals surface area (Å²) in [6, 6.07) is 25.7. The predicted octanol–water partition coefficient (Wildman–Crippen LogP) is 5.42. The van der Waals surface area contributed by atoms with Crippen molar-refractivity contribution in [1.29, 1.82) is 0 Å². The first-order valence-corrected chi connectivity index (χ1v) is 12.6. The maximum absolute atomic E-state index is 13.9. The molecule has 0 aliphatic carbocycles. The molecule has 6 nitrogen and oxygen atoms in total. The van der Waals surface area contributed by atoms with Gasteiger partial charge in [-0.1, -0.05) is 60.7 Å². The van der Waals surface area contributed by atoms with Crippen molar-refractivity contribution in [2.75, 3.05) is 11.7 Å². The van der Waals surface area contributed by atoms with Crippen LogP contribution in [0.2, 0.25) is 0 Å². The van der Waals surface area contributed by atoms with Crippen molar-refractivity contribution in [3.63, 3.8) is 0 Å². The van der Waals surface area contributed by atoms with E-state index in [0.29, 0.717) is 23.7 Å². The van der Waals surface area contributed by atoms with Gasteiger partial charge in [0.15, 0.2) is 11.5 Å². The average molecular weight is 499 g/mol. The first-order chi connectivity index (χ1) is 17.6. The molecule has 1 N–H and O–H groups in total. The number of hydrogen-bond acceptors (Lipinski definition) is 5. The summed E-state index contributed by atoms with van der Waals surface area (Å²) in [6.45, 7) is 2.44. The van der Waals surface area contributed by atoms with Crippen molar-refractivity contribution in [3.05, 3.63) is 112 Å². The summed E-state index contributed by atoms with van der Waals surface area (Å²) in [5, 5.41) is 5.00. The van der Waals surface area contributed by atoms with Gasteiger partial charge >= 0.3 is 0 Å². The van der Waals surface area contributed by atoms with Crippen molar-refractivity contribution in [2.24, 2.45) is 0 Å². The molecule has 1 atom stereocenters. The van der Waals surface area contributed by atoms with E-state index in [1.165, 1.54) is 11.3 Å². The third-order valence-electron chi connectivity index (χ3n) is 6.11. The third kappa shape index (κ3) is 5.11. The number of fused-ring (bicyclic) bond motifs is 1. The highest BCUT2D eigenvalue weighted by atomic mass is 32.1. The van der Waals surface area contributed by atoms with Crippen LogP contribution in [0.4, 0.5) is 5.69 Å². The molecule has 0 radical (unpaired) electrons. The van der Waals surface area contributed by atoms with E-state index < -0.39 is 6.04 Å². The molecular formula is C29H26N2O4S. The van der Waals surface area contributed by atoms with Gasteiger partial charge in [-0.2, -0.15) is 0 Å². The van der Waals surface area contributed by atoms with Crippen molar-refractivity contribution < 1.29 is 19.1 Å². The van der Waals surface area contributed by atoms with E-state index in [0.717, 1.165) is 21.6 Å². The normalized spacial score (nSPS) is 12.7. The van der Waals surface area contributed by atoms with E-state index in [1.807, 2.05) is 79.0 Å². The van der Waals surface area contributed by atoms with Crippen molar-refractivity contribution in [1.82, 2.24) is 5.32 Å². The lowest BCUT2D eigenvalue weighted by Gasteiger charge is -2.32. The molecule has 0 bridgehead atoms. The fraction of sp³-hybridized carbons (Fsp3) is 0.172. The molecule has 3 aromatic carbocycles. The Balaban J connectivity index is 1.56. The summed E-state index contributed by atoms with van der Waals surface area (Å²) in [6.07, 6.45) is 0.181. The maximum atomic E-state index is 13.9. The first kappa shape index (κ1) is 23.6. The maximum Gasteiger partial charge on any atom is 0.248 e. The Morgan fingerprint density at radius 3 is 2.50 bits per heavy atom. The van der Waals surface area contributed by atoms with E-state index in [2.05, 4.69) is 5.32 Å². The van der Waals surface area contributed by atoms with Gasteiger partial charge in [0.25, 0.3) is 0 Å². The molecule has 0 spiro atoms. The van der Waals surface area contributed by atoms with Crippen LogP contribution in [0, 0.1) is 6.92 Å². The van der Waals surface area contributed by atoms with Gasteiger partial charge in [-0.25, -0.2) is 0 Å². The van der Waals surface area contributed by atoms with Gasteiger partial charge in [-0.3, -0.25) is 14.5 Å². The Kier molecular flexibility index (Phi) is 7.00. The highest BCUT2D eigenvalue weighted by Crippen LogP contribution is 2.39. The highest BCUT2D eigenvalue weighted by Gasteiger charge is 2.34. The molecule has 2 heterocycles. The standard InChI is InChI=1S/C29H26N2O4S/c1-20-8-5-6-12-24(20)28(29(33)30-18-21-9-3-2-4-10-21)31(27(32)17-23-11-7-15-36-23)22-13-14-25-26(16-22)35-19-34-25/h2-16,28H,17-19H2,1H3,(H,30,33)/t28-/m1/s1. The number of nitrogens with zero attached hydrogens (tertiary/aromatic N) is 1. The molecule has 7 heteroatoms. The summed E-state index contributed by atoms with van der Waals surface area (Å²) in [4.78, 5) is 30.3. The molecule has 0 saturated carbocycles. The van der Waals surface area contributed by atoms with Gasteiger partial charge in [0.05, 0.1) is 6.42 Å². The number of thiophene rings is 1. The van der Waals surface area contributed by atoms with E-state index in [9.17, 15) is 9.59 Å². The second kappa shape index (κ2) is 10.7. The molecule has 1 aliphatic rings. The molecule has 0 saturated heterocycles. The van der Waals surface area contributed by atoms with E-state index in [4.69, 9.17) is 9.47 Å². The molecule has 2 amide bonds. The van der Waals surface area contributed by atoms with E-state index in [-0.39, 0.29) is 25.0 Å². The van der Waals surface area contributed by atoms with E-state index in [1.54, 1.807) is 23.1 Å². The van der Waals surface area contributed by atoms with Gasteiger partial charge < -0.3 is 14.8 Å². The third-order valence-corrected chi connectivity index (χ3v) is 6.98. The monoisotopic (exact) mass is 498 g/mol. The quantitative estimate of drug-likeness (QED) is 0.352. The number of nitrogens with one attached hydrogen (secondary N) is 1. The molecule has 36 heavy (non-hydrogen) atoms. The lowest BCUT2D eigenvalue weighted by molar-refractivity contribution is -0.126. The number of amides is 2. The van der Waals surface area contributed by atoms with Gasteiger partial charge in [-0.15, -0.1) is 11.3 Å². The second-order valence-electron chi connectivity index (χ2n) is 8.52. The summed E-state index contributed by atoms with van der Waals surface area (Å²) in [7, 11) is 0. The van der Waals surface area contributed by atoms with Crippen molar-refractivity contribution >= 4 is 28.8 Å². The van der Waals surface area contributed by atoms with Crippen LogP contribution < -0.4 is 19.7 Å². The second-order valence-corrected chi connectivity index (χ2v) is 9.55. The summed E-state index contributed by atoms with van der Waals surface area (Å²) >= 11 is 1.52. The van der Waals surface area contributed by atoms with Gasteiger partial charge in [0, 0.05) is 23.2 Å². The number of carbonyl (C=O) groups excluding carboxylic acids is 2. The van der Waals surface area contributed by atoms with Gasteiger partial charge in [0.2, 0.25) is 18.6 Å². The number of anilines is 1. The molecule has 4 aromatic rings.